The molecule has 0 saturated carbocycles. The topological polar surface area (TPSA) is 18.5 Å². The molecule has 1 saturated heterocycles. The molecule has 1 aliphatic heterocycles. The van der Waals surface area contributed by atoms with Gasteiger partial charge in [0.15, 0.2) is 5.79 Å². The van der Waals surface area contributed by atoms with Gasteiger partial charge >= 0.3 is 0 Å². The Morgan fingerprint density at radius 3 is 2.17 bits per heavy atom. The van der Waals surface area contributed by atoms with Crippen molar-refractivity contribution >= 4 is 11.6 Å². The van der Waals surface area contributed by atoms with Crippen LogP contribution < -0.4 is 0 Å². The highest BCUT2D eigenvalue weighted by Gasteiger charge is 2.39. The lowest BCUT2D eigenvalue weighted by Crippen LogP contribution is -2.45. The lowest BCUT2D eigenvalue weighted by Gasteiger charge is -2.43. The fraction of sp³-hybridized carbons (Fsp3) is 0.600. The number of rotatable bonds is 3. The van der Waals surface area contributed by atoms with Crippen LogP contribution in [0.2, 0.25) is 5.02 Å². The summed E-state index contributed by atoms with van der Waals surface area (Å²) >= 11 is 5.90. The molecule has 0 spiro atoms. The van der Waals surface area contributed by atoms with Gasteiger partial charge in [-0.25, -0.2) is 0 Å². The summed E-state index contributed by atoms with van der Waals surface area (Å²) in [6, 6.07) is 7.67. The molecule has 1 aromatic rings. The van der Waals surface area contributed by atoms with Gasteiger partial charge in [0.1, 0.15) is 0 Å². The molecule has 1 heterocycles. The average molecular weight is 269 g/mol. The van der Waals surface area contributed by atoms with Gasteiger partial charge in [-0.3, -0.25) is 0 Å². The van der Waals surface area contributed by atoms with Crippen molar-refractivity contribution in [2.24, 2.45) is 5.41 Å². The molecule has 1 fully saturated rings. The van der Waals surface area contributed by atoms with Crippen molar-refractivity contribution in [1.82, 2.24) is 0 Å². The largest absolute Gasteiger partial charge is 0.345 e. The minimum Gasteiger partial charge on any atom is -0.345 e. The summed E-state index contributed by atoms with van der Waals surface area (Å²) in [4.78, 5) is 0. The zero-order valence-electron chi connectivity index (χ0n) is 11.3. The van der Waals surface area contributed by atoms with Crippen LogP contribution in [0.15, 0.2) is 24.3 Å². The molecule has 0 amide bonds. The smallest absolute Gasteiger partial charge is 0.191 e. The molecular formula is C15H21ClO2. The molecule has 0 aliphatic carbocycles. The van der Waals surface area contributed by atoms with Crippen molar-refractivity contribution in [3.8, 4) is 0 Å². The monoisotopic (exact) mass is 268 g/mol. The highest BCUT2D eigenvalue weighted by molar-refractivity contribution is 6.30. The average Bonchev–Trinajstić information content (AvgIpc) is 2.35. The molecule has 100 valence electrons. The Bertz CT molecular complexity index is 391. The molecule has 0 atom stereocenters. The van der Waals surface area contributed by atoms with E-state index in [0.29, 0.717) is 0 Å². The minimum atomic E-state index is -0.641. The highest BCUT2D eigenvalue weighted by atomic mass is 35.5. The summed E-state index contributed by atoms with van der Waals surface area (Å²) in [6.07, 6.45) is 2.28. The normalized spacial score (nSPS) is 32.4. The van der Waals surface area contributed by atoms with Gasteiger partial charge < -0.3 is 9.47 Å². The maximum absolute atomic E-state index is 5.99. The highest BCUT2D eigenvalue weighted by Crippen LogP contribution is 2.38. The first kappa shape index (κ1) is 13.9. The van der Waals surface area contributed by atoms with E-state index in [1.165, 1.54) is 0 Å². The summed E-state index contributed by atoms with van der Waals surface area (Å²) in [5.74, 6) is -0.641. The van der Waals surface area contributed by atoms with Crippen molar-refractivity contribution in [3.05, 3.63) is 34.9 Å². The zero-order valence-corrected chi connectivity index (χ0v) is 12.1. The number of ether oxygens (including phenoxy) is 2. The first-order valence-corrected chi connectivity index (χ1v) is 6.89. The Hall–Kier alpha value is -0.570. The Balaban J connectivity index is 2.09. The van der Waals surface area contributed by atoms with Crippen molar-refractivity contribution < 1.29 is 9.47 Å². The second-order valence-corrected chi connectivity index (χ2v) is 6.03. The van der Waals surface area contributed by atoms with Gasteiger partial charge in [-0.2, -0.15) is 0 Å². The van der Waals surface area contributed by atoms with E-state index < -0.39 is 5.79 Å². The fourth-order valence-corrected chi connectivity index (χ4v) is 2.50. The van der Waals surface area contributed by atoms with Gasteiger partial charge in [-0.15, -0.1) is 0 Å². The van der Waals surface area contributed by atoms with Crippen LogP contribution in [0.3, 0.4) is 0 Å². The van der Waals surface area contributed by atoms with E-state index in [1.54, 1.807) is 0 Å². The summed E-state index contributed by atoms with van der Waals surface area (Å²) in [5, 5.41) is 0.731. The first-order chi connectivity index (χ1) is 8.47. The molecule has 18 heavy (non-hydrogen) atoms. The van der Waals surface area contributed by atoms with Gasteiger partial charge in [0.25, 0.3) is 0 Å². The van der Waals surface area contributed by atoms with Gasteiger partial charge in [0.05, 0.1) is 13.2 Å². The summed E-state index contributed by atoms with van der Waals surface area (Å²) in [7, 11) is 0. The second-order valence-electron chi connectivity index (χ2n) is 5.59. The molecule has 3 heteroatoms. The third kappa shape index (κ3) is 2.87. The maximum atomic E-state index is 5.99. The van der Waals surface area contributed by atoms with Crippen LogP contribution in [-0.2, 0) is 15.3 Å². The molecule has 0 aromatic heterocycles. The quantitative estimate of drug-likeness (QED) is 0.811. The second kappa shape index (κ2) is 5.20. The van der Waals surface area contributed by atoms with Crippen LogP contribution in [0.25, 0.3) is 0 Å². The van der Waals surface area contributed by atoms with Crippen LogP contribution in [0.1, 0.15) is 39.2 Å². The molecule has 0 radical (unpaired) electrons. The predicted octanol–water partition coefficient (Wildman–Crippen LogP) is 4.37. The molecule has 2 nitrogen and oxygen atoms in total. The first-order valence-electron chi connectivity index (χ1n) is 6.51. The number of hydrogen-bond acceptors (Lipinski definition) is 2. The van der Waals surface area contributed by atoms with Gasteiger partial charge in [-0.05, 0) is 25.5 Å². The SMILES string of the molecule is CCCC1(C)COC(C)(c2ccc(Cl)cc2)OC1. The van der Waals surface area contributed by atoms with Gasteiger partial charge in [0.2, 0.25) is 0 Å². The van der Waals surface area contributed by atoms with E-state index in [9.17, 15) is 0 Å². The van der Waals surface area contributed by atoms with Gasteiger partial charge in [0, 0.05) is 16.0 Å². The summed E-state index contributed by atoms with van der Waals surface area (Å²) < 4.78 is 12.0. The van der Waals surface area contributed by atoms with Gasteiger partial charge in [-0.1, -0.05) is 44.0 Å². The zero-order chi connectivity index (χ0) is 13.2. The van der Waals surface area contributed by atoms with E-state index in [0.717, 1.165) is 36.6 Å². The van der Waals surface area contributed by atoms with E-state index in [1.807, 2.05) is 31.2 Å². The number of benzene rings is 1. The lowest BCUT2D eigenvalue weighted by molar-refractivity contribution is -0.301. The predicted molar refractivity (Wildman–Crippen MR) is 73.7 cm³/mol. The molecule has 1 aliphatic rings. The Kier molecular flexibility index (Phi) is 4.00. The molecule has 1 aromatic carbocycles. The molecule has 0 unspecified atom stereocenters. The van der Waals surface area contributed by atoms with Crippen LogP contribution in [-0.4, -0.2) is 13.2 Å². The Labute approximate surface area is 114 Å². The van der Waals surface area contributed by atoms with Crippen molar-refractivity contribution in [1.29, 1.82) is 0 Å². The van der Waals surface area contributed by atoms with Crippen molar-refractivity contribution in [2.45, 2.75) is 39.4 Å². The van der Waals surface area contributed by atoms with Crippen LogP contribution in [0.5, 0.6) is 0 Å². The lowest BCUT2D eigenvalue weighted by atomic mass is 9.86. The van der Waals surface area contributed by atoms with E-state index >= 15 is 0 Å². The standard InChI is InChI=1S/C15H21ClO2/c1-4-9-14(2)10-17-15(3,18-11-14)12-5-7-13(16)8-6-12/h5-8H,4,9-11H2,1-3H3. The molecule has 0 N–H and O–H groups in total. The number of hydrogen-bond donors (Lipinski definition) is 0. The third-order valence-electron chi connectivity index (χ3n) is 3.61. The van der Waals surface area contributed by atoms with Crippen molar-refractivity contribution in [2.75, 3.05) is 13.2 Å². The van der Waals surface area contributed by atoms with Crippen LogP contribution >= 0.6 is 11.6 Å². The van der Waals surface area contributed by atoms with Crippen LogP contribution in [0, 0.1) is 5.41 Å². The molecule has 0 bridgehead atoms. The van der Waals surface area contributed by atoms with E-state index in [4.69, 9.17) is 21.1 Å². The van der Waals surface area contributed by atoms with E-state index in [2.05, 4.69) is 13.8 Å². The van der Waals surface area contributed by atoms with E-state index in [-0.39, 0.29) is 5.41 Å². The minimum absolute atomic E-state index is 0.140. The Morgan fingerprint density at radius 2 is 1.67 bits per heavy atom. The van der Waals surface area contributed by atoms with Crippen LogP contribution in [0.4, 0.5) is 0 Å². The fourth-order valence-electron chi connectivity index (χ4n) is 2.37. The molecular weight excluding hydrogens is 248 g/mol. The maximum Gasteiger partial charge on any atom is 0.191 e. The third-order valence-corrected chi connectivity index (χ3v) is 3.87. The van der Waals surface area contributed by atoms with Crippen molar-refractivity contribution in [3.63, 3.8) is 0 Å². The number of halogens is 1. The molecule has 2 rings (SSSR count). The Morgan fingerprint density at radius 1 is 1.11 bits per heavy atom. The summed E-state index contributed by atoms with van der Waals surface area (Å²) in [5.41, 5.74) is 1.16. The summed E-state index contributed by atoms with van der Waals surface area (Å²) in [6.45, 7) is 7.86.